The summed E-state index contributed by atoms with van der Waals surface area (Å²) < 4.78 is 0. The first kappa shape index (κ1) is 13.0. The Bertz CT molecular complexity index is 540. The van der Waals surface area contributed by atoms with E-state index >= 15 is 0 Å². The zero-order chi connectivity index (χ0) is 13.7. The molecule has 1 unspecified atom stereocenters. The highest BCUT2D eigenvalue weighted by molar-refractivity contribution is 5.76. The summed E-state index contributed by atoms with van der Waals surface area (Å²) in [6.07, 6.45) is 3.66. The van der Waals surface area contributed by atoms with Gasteiger partial charge in [0, 0.05) is 5.56 Å². The van der Waals surface area contributed by atoms with Gasteiger partial charge in [-0.1, -0.05) is 37.3 Å². The zero-order valence-electron chi connectivity index (χ0n) is 10.6. The number of anilines is 1. The molecule has 98 valence electrons. The molecule has 19 heavy (non-hydrogen) atoms. The fourth-order valence-corrected chi connectivity index (χ4v) is 1.68. The van der Waals surface area contributed by atoms with Crippen molar-refractivity contribution < 1.29 is 9.90 Å². The maximum Gasteiger partial charge on any atom is 0.326 e. The maximum atomic E-state index is 10.9. The molecule has 0 aliphatic heterocycles. The summed E-state index contributed by atoms with van der Waals surface area (Å²) in [7, 11) is 0. The average Bonchev–Trinajstić information content (AvgIpc) is 2.46. The number of nitrogens with zero attached hydrogens (tertiary/aromatic N) is 2. The van der Waals surface area contributed by atoms with E-state index in [4.69, 9.17) is 5.11 Å². The molecule has 0 fully saturated rings. The maximum absolute atomic E-state index is 10.9. The average molecular weight is 257 g/mol. The number of carboxylic acids is 1. The molecule has 0 radical (unpaired) electrons. The predicted octanol–water partition coefficient (Wildman–Crippen LogP) is 2.42. The highest BCUT2D eigenvalue weighted by atomic mass is 16.4. The highest BCUT2D eigenvalue weighted by Gasteiger charge is 2.14. The van der Waals surface area contributed by atoms with Crippen molar-refractivity contribution in [3.8, 4) is 11.3 Å². The fraction of sp³-hybridized carbons (Fsp3) is 0.214. The molecule has 0 amide bonds. The molecule has 5 nitrogen and oxygen atoms in total. The van der Waals surface area contributed by atoms with Crippen LogP contribution in [0.2, 0.25) is 0 Å². The molecule has 0 bridgehead atoms. The summed E-state index contributed by atoms with van der Waals surface area (Å²) >= 11 is 0. The molecule has 5 heteroatoms. The topological polar surface area (TPSA) is 75.1 Å². The second kappa shape index (κ2) is 5.95. The Morgan fingerprint density at radius 2 is 2.00 bits per heavy atom. The van der Waals surface area contributed by atoms with E-state index in [2.05, 4.69) is 15.3 Å². The lowest BCUT2D eigenvalue weighted by atomic mass is 10.2. The molecule has 1 atom stereocenters. The van der Waals surface area contributed by atoms with E-state index in [0.29, 0.717) is 12.2 Å². The van der Waals surface area contributed by atoms with Gasteiger partial charge in [0.1, 0.15) is 11.9 Å². The number of hydrogen-bond donors (Lipinski definition) is 2. The second-order valence-electron chi connectivity index (χ2n) is 4.10. The van der Waals surface area contributed by atoms with Gasteiger partial charge in [-0.15, -0.1) is 0 Å². The van der Waals surface area contributed by atoms with Crippen molar-refractivity contribution in [2.75, 3.05) is 5.32 Å². The second-order valence-corrected chi connectivity index (χ2v) is 4.10. The number of nitrogens with one attached hydrogen (secondary N) is 1. The number of carbonyl (C=O) groups is 1. The molecular weight excluding hydrogens is 242 g/mol. The van der Waals surface area contributed by atoms with E-state index in [9.17, 15) is 4.79 Å². The molecular formula is C14H15N3O2. The Kier molecular flexibility index (Phi) is 4.07. The predicted molar refractivity (Wildman–Crippen MR) is 72.8 cm³/mol. The Morgan fingerprint density at radius 1 is 1.26 bits per heavy atom. The van der Waals surface area contributed by atoms with E-state index in [-0.39, 0.29) is 0 Å². The number of rotatable bonds is 5. The number of hydrogen-bond acceptors (Lipinski definition) is 4. The number of benzene rings is 1. The number of aliphatic carboxylic acids is 1. The van der Waals surface area contributed by atoms with Gasteiger partial charge in [0.05, 0.1) is 18.1 Å². The van der Waals surface area contributed by atoms with Crippen molar-refractivity contribution >= 4 is 11.8 Å². The molecule has 0 aliphatic rings. The van der Waals surface area contributed by atoms with E-state index in [1.807, 2.05) is 30.3 Å². The number of carboxylic acid groups (broad SMARTS) is 1. The summed E-state index contributed by atoms with van der Waals surface area (Å²) in [6.45, 7) is 1.80. The number of aromatic nitrogens is 2. The summed E-state index contributed by atoms with van der Waals surface area (Å²) in [4.78, 5) is 19.4. The van der Waals surface area contributed by atoms with Crippen LogP contribution in [-0.4, -0.2) is 27.1 Å². The van der Waals surface area contributed by atoms with Gasteiger partial charge in [-0.2, -0.15) is 0 Å². The molecule has 1 heterocycles. The van der Waals surface area contributed by atoms with Crippen LogP contribution in [0.25, 0.3) is 11.3 Å². The minimum Gasteiger partial charge on any atom is -0.480 e. The van der Waals surface area contributed by atoms with Gasteiger partial charge in [-0.3, -0.25) is 4.98 Å². The van der Waals surface area contributed by atoms with Crippen LogP contribution in [0.5, 0.6) is 0 Å². The molecule has 0 spiro atoms. The van der Waals surface area contributed by atoms with Crippen LogP contribution in [0.1, 0.15) is 13.3 Å². The van der Waals surface area contributed by atoms with Gasteiger partial charge < -0.3 is 10.4 Å². The van der Waals surface area contributed by atoms with Crippen LogP contribution in [0.4, 0.5) is 5.82 Å². The van der Waals surface area contributed by atoms with Crippen LogP contribution >= 0.6 is 0 Å². The largest absolute Gasteiger partial charge is 0.480 e. The van der Waals surface area contributed by atoms with Crippen molar-refractivity contribution in [3.05, 3.63) is 42.7 Å². The molecule has 0 saturated heterocycles. The summed E-state index contributed by atoms with van der Waals surface area (Å²) in [6, 6.07) is 9.05. The summed E-state index contributed by atoms with van der Waals surface area (Å²) in [5, 5.41) is 11.8. The Balaban J connectivity index is 2.13. The van der Waals surface area contributed by atoms with Crippen LogP contribution in [0.3, 0.4) is 0 Å². The molecule has 2 rings (SSSR count). The van der Waals surface area contributed by atoms with E-state index in [1.54, 1.807) is 19.3 Å². The van der Waals surface area contributed by atoms with Gasteiger partial charge in [0.2, 0.25) is 0 Å². The van der Waals surface area contributed by atoms with Crippen molar-refractivity contribution in [2.24, 2.45) is 0 Å². The van der Waals surface area contributed by atoms with E-state index < -0.39 is 12.0 Å². The molecule has 0 aliphatic carbocycles. The zero-order valence-corrected chi connectivity index (χ0v) is 10.6. The van der Waals surface area contributed by atoms with Crippen molar-refractivity contribution in [1.82, 2.24) is 9.97 Å². The Labute approximate surface area is 111 Å². The van der Waals surface area contributed by atoms with E-state index in [0.717, 1.165) is 11.3 Å². The van der Waals surface area contributed by atoms with Gasteiger partial charge in [0.15, 0.2) is 0 Å². The van der Waals surface area contributed by atoms with Crippen molar-refractivity contribution in [1.29, 1.82) is 0 Å². The Morgan fingerprint density at radius 3 is 2.53 bits per heavy atom. The van der Waals surface area contributed by atoms with Crippen LogP contribution < -0.4 is 5.32 Å². The first-order valence-corrected chi connectivity index (χ1v) is 6.07. The minimum atomic E-state index is -0.892. The SMILES string of the molecule is CCC(Nc1cnc(-c2ccccc2)cn1)C(=O)O. The van der Waals surface area contributed by atoms with Crippen LogP contribution in [-0.2, 0) is 4.79 Å². The van der Waals surface area contributed by atoms with Gasteiger partial charge in [-0.05, 0) is 6.42 Å². The highest BCUT2D eigenvalue weighted by Crippen LogP contribution is 2.16. The van der Waals surface area contributed by atoms with Gasteiger partial charge in [0.25, 0.3) is 0 Å². The lowest BCUT2D eigenvalue weighted by molar-refractivity contribution is -0.137. The molecule has 0 saturated carbocycles. The normalized spacial score (nSPS) is 11.8. The van der Waals surface area contributed by atoms with Crippen LogP contribution in [0, 0.1) is 0 Å². The summed E-state index contributed by atoms with van der Waals surface area (Å²) in [5.74, 6) is -0.426. The van der Waals surface area contributed by atoms with Gasteiger partial charge in [-0.25, -0.2) is 9.78 Å². The van der Waals surface area contributed by atoms with Gasteiger partial charge >= 0.3 is 5.97 Å². The van der Waals surface area contributed by atoms with E-state index in [1.165, 1.54) is 0 Å². The first-order valence-electron chi connectivity index (χ1n) is 6.07. The monoisotopic (exact) mass is 257 g/mol. The Hall–Kier alpha value is -2.43. The lowest BCUT2D eigenvalue weighted by Gasteiger charge is -2.12. The lowest BCUT2D eigenvalue weighted by Crippen LogP contribution is -2.28. The molecule has 2 aromatic rings. The van der Waals surface area contributed by atoms with Crippen molar-refractivity contribution in [3.63, 3.8) is 0 Å². The third-order valence-electron chi connectivity index (χ3n) is 2.75. The van der Waals surface area contributed by atoms with Crippen molar-refractivity contribution in [2.45, 2.75) is 19.4 Å². The quantitative estimate of drug-likeness (QED) is 0.860. The first-order chi connectivity index (χ1) is 9.20. The molecule has 2 N–H and O–H groups in total. The minimum absolute atomic E-state index is 0.467. The van der Waals surface area contributed by atoms with Crippen LogP contribution in [0.15, 0.2) is 42.7 Å². The standard InChI is InChI=1S/C14H15N3O2/c1-2-11(14(18)19)17-13-9-15-12(8-16-13)10-6-4-3-5-7-10/h3-9,11H,2H2,1H3,(H,16,17)(H,18,19). The smallest absolute Gasteiger partial charge is 0.326 e. The third-order valence-corrected chi connectivity index (χ3v) is 2.75. The third kappa shape index (κ3) is 3.28. The fourth-order valence-electron chi connectivity index (χ4n) is 1.68. The summed E-state index contributed by atoms with van der Waals surface area (Å²) in [5.41, 5.74) is 1.74. The molecule has 1 aromatic heterocycles. The molecule has 1 aromatic carbocycles.